The zero-order valence-electron chi connectivity index (χ0n) is 12.5. The highest BCUT2D eigenvalue weighted by Crippen LogP contribution is 2.32. The van der Waals surface area contributed by atoms with E-state index in [9.17, 15) is 27.6 Å². The molecule has 0 bridgehead atoms. The summed E-state index contributed by atoms with van der Waals surface area (Å²) in [6.07, 6.45) is -5.07. The number of anilines is 1. The molecule has 0 aliphatic rings. The smallest absolute Gasteiger partial charge is 0.416 e. The van der Waals surface area contributed by atoms with Crippen LogP contribution in [0.15, 0.2) is 24.3 Å². The first kappa shape index (κ1) is 18.5. The SMILES string of the molecule is CCOC(=O)CC(=O)N(c1cccc(C(F)(F)F)c1)N(C)C=O. The number of hydrogen-bond donors (Lipinski definition) is 0. The van der Waals surface area contributed by atoms with E-state index in [-0.39, 0.29) is 18.7 Å². The van der Waals surface area contributed by atoms with Gasteiger partial charge in [-0.05, 0) is 25.1 Å². The van der Waals surface area contributed by atoms with Crippen molar-refractivity contribution in [1.29, 1.82) is 0 Å². The molecule has 1 aromatic rings. The third-order valence-corrected chi connectivity index (χ3v) is 2.72. The maximum Gasteiger partial charge on any atom is 0.416 e. The summed E-state index contributed by atoms with van der Waals surface area (Å²) in [5, 5.41) is 1.43. The zero-order valence-corrected chi connectivity index (χ0v) is 12.5. The Balaban J connectivity index is 3.15. The molecule has 6 nitrogen and oxygen atoms in total. The Morgan fingerprint density at radius 1 is 1.30 bits per heavy atom. The molecule has 0 saturated heterocycles. The second-order valence-corrected chi connectivity index (χ2v) is 4.41. The second kappa shape index (κ2) is 7.61. The summed E-state index contributed by atoms with van der Waals surface area (Å²) in [5.41, 5.74) is -1.17. The van der Waals surface area contributed by atoms with Gasteiger partial charge in [-0.15, -0.1) is 0 Å². The first-order valence-corrected chi connectivity index (χ1v) is 6.54. The summed E-state index contributed by atoms with van der Waals surface area (Å²) in [6.45, 7) is 1.60. The highest BCUT2D eigenvalue weighted by molar-refractivity contribution is 6.03. The van der Waals surface area contributed by atoms with Gasteiger partial charge in [0.1, 0.15) is 6.42 Å². The van der Waals surface area contributed by atoms with Crippen LogP contribution in [0.4, 0.5) is 18.9 Å². The van der Waals surface area contributed by atoms with E-state index in [1.54, 1.807) is 6.92 Å². The lowest BCUT2D eigenvalue weighted by atomic mass is 10.2. The van der Waals surface area contributed by atoms with Crippen molar-refractivity contribution in [3.05, 3.63) is 29.8 Å². The van der Waals surface area contributed by atoms with Crippen molar-refractivity contribution in [1.82, 2.24) is 5.01 Å². The van der Waals surface area contributed by atoms with E-state index in [1.807, 2.05) is 0 Å². The average molecular weight is 332 g/mol. The topological polar surface area (TPSA) is 66.9 Å². The van der Waals surface area contributed by atoms with Crippen LogP contribution in [-0.2, 0) is 25.3 Å². The first-order valence-electron chi connectivity index (χ1n) is 6.54. The number of hydrogen-bond acceptors (Lipinski definition) is 4. The Labute approximate surface area is 130 Å². The summed E-state index contributed by atoms with van der Waals surface area (Å²) in [6, 6.07) is 3.86. The molecule has 0 aromatic heterocycles. The Morgan fingerprint density at radius 2 is 1.96 bits per heavy atom. The summed E-state index contributed by atoms with van der Waals surface area (Å²) >= 11 is 0. The lowest BCUT2D eigenvalue weighted by Gasteiger charge is -2.29. The van der Waals surface area contributed by atoms with E-state index in [4.69, 9.17) is 0 Å². The zero-order chi connectivity index (χ0) is 17.6. The van der Waals surface area contributed by atoms with Crippen molar-refractivity contribution in [3.8, 4) is 0 Å². The molecule has 0 fully saturated rings. The number of carbonyl (C=O) groups is 3. The van der Waals surface area contributed by atoms with Gasteiger partial charge in [0.15, 0.2) is 0 Å². The van der Waals surface area contributed by atoms with Gasteiger partial charge < -0.3 is 4.74 Å². The Hall–Kier alpha value is -2.58. The number of alkyl halides is 3. The molecule has 126 valence electrons. The van der Waals surface area contributed by atoms with Crippen LogP contribution in [0.1, 0.15) is 18.9 Å². The van der Waals surface area contributed by atoms with Crippen LogP contribution >= 0.6 is 0 Å². The van der Waals surface area contributed by atoms with Gasteiger partial charge in [-0.25, -0.2) is 5.01 Å². The minimum absolute atomic E-state index is 0.0548. The third-order valence-electron chi connectivity index (χ3n) is 2.72. The van der Waals surface area contributed by atoms with Crippen molar-refractivity contribution in [3.63, 3.8) is 0 Å². The molecular weight excluding hydrogens is 317 g/mol. The van der Waals surface area contributed by atoms with Crippen molar-refractivity contribution in [2.45, 2.75) is 19.5 Å². The molecule has 1 aromatic carbocycles. The van der Waals surface area contributed by atoms with Gasteiger partial charge in [0.25, 0.3) is 5.91 Å². The van der Waals surface area contributed by atoms with Crippen LogP contribution in [0.3, 0.4) is 0 Å². The van der Waals surface area contributed by atoms with Crippen LogP contribution in [0.5, 0.6) is 0 Å². The van der Waals surface area contributed by atoms with Gasteiger partial charge in [-0.2, -0.15) is 13.2 Å². The van der Waals surface area contributed by atoms with E-state index in [1.165, 1.54) is 13.1 Å². The monoisotopic (exact) mass is 332 g/mol. The number of halogens is 3. The summed E-state index contributed by atoms with van der Waals surface area (Å²) in [5.74, 6) is -1.73. The van der Waals surface area contributed by atoms with Crippen LogP contribution in [0, 0.1) is 0 Å². The number of amides is 2. The lowest BCUT2D eigenvalue weighted by Crippen LogP contribution is -2.44. The number of esters is 1. The third kappa shape index (κ3) is 4.97. The second-order valence-electron chi connectivity index (χ2n) is 4.41. The van der Waals surface area contributed by atoms with Gasteiger partial charge >= 0.3 is 12.1 Å². The van der Waals surface area contributed by atoms with E-state index >= 15 is 0 Å². The fraction of sp³-hybridized carbons (Fsp3) is 0.357. The van der Waals surface area contributed by atoms with Crippen LogP contribution < -0.4 is 5.01 Å². The molecule has 0 saturated carbocycles. The summed E-state index contributed by atoms with van der Waals surface area (Å²) in [7, 11) is 1.18. The van der Waals surface area contributed by atoms with Gasteiger partial charge in [-0.1, -0.05) is 6.07 Å². The van der Waals surface area contributed by atoms with Gasteiger partial charge in [0.2, 0.25) is 6.41 Å². The molecule has 0 aliphatic heterocycles. The standard InChI is InChI=1S/C14H15F3N2O4/c1-3-23-13(22)8-12(21)19(18(2)9-20)11-6-4-5-10(7-11)14(15,16)17/h4-7,9H,3,8H2,1-2H3. The van der Waals surface area contributed by atoms with Crippen LogP contribution in [0.2, 0.25) is 0 Å². The summed E-state index contributed by atoms with van der Waals surface area (Å²) in [4.78, 5) is 34.4. The highest BCUT2D eigenvalue weighted by atomic mass is 19.4. The van der Waals surface area contributed by atoms with Crippen molar-refractivity contribution in [2.24, 2.45) is 0 Å². The minimum Gasteiger partial charge on any atom is -0.466 e. The maximum absolute atomic E-state index is 12.8. The predicted molar refractivity (Wildman–Crippen MR) is 74.0 cm³/mol. The van der Waals surface area contributed by atoms with E-state index in [0.29, 0.717) is 11.1 Å². The number of hydrazine groups is 1. The molecule has 23 heavy (non-hydrogen) atoms. The molecule has 9 heteroatoms. The molecule has 0 N–H and O–H groups in total. The van der Waals surface area contributed by atoms with E-state index in [2.05, 4.69) is 4.74 Å². The van der Waals surface area contributed by atoms with Crippen LogP contribution in [0.25, 0.3) is 0 Å². The van der Waals surface area contributed by atoms with E-state index in [0.717, 1.165) is 17.1 Å². The molecule has 0 aliphatic carbocycles. The quantitative estimate of drug-likeness (QED) is 0.346. The Kier molecular flexibility index (Phi) is 6.11. The lowest BCUT2D eigenvalue weighted by molar-refractivity contribution is -0.146. The van der Waals surface area contributed by atoms with Gasteiger partial charge in [0, 0.05) is 7.05 Å². The summed E-state index contributed by atoms with van der Waals surface area (Å²) < 4.78 is 42.9. The molecular formula is C14H15F3N2O4. The molecule has 0 heterocycles. The molecule has 1 rings (SSSR count). The molecule has 0 atom stereocenters. The molecule has 0 radical (unpaired) electrons. The minimum atomic E-state index is -4.61. The molecule has 0 unspecified atom stereocenters. The normalized spacial score (nSPS) is 10.8. The van der Waals surface area contributed by atoms with Gasteiger partial charge in [-0.3, -0.25) is 19.4 Å². The average Bonchev–Trinajstić information content (AvgIpc) is 2.46. The van der Waals surface area contributed by atoms with Crippen LogP contribution in [-0.4, -0.2) is 37.0 Å². The Bertz CT molecular complexity index is 590. The maximum atomic E-state index is 12.8. The number of rotatable bonds is 6. The van der Waals surface area contributed by atoms with Crippen molar-refractivity contribution < 1.29 is 32.3 Å². The number of carbonyl (C=O) groups excluding carboxylic acids is 3. The predicted octanol–water partition coefficient (Wildman–Crippen LogP) is 1.99. The molecule has 2 amide bonds. The van der Waals surface area contributed by atoms with E-state index < -0.39 is 30.0 Å². The Morgan fingerprint density at radius 3 is 2.48 bits per heavy atom. The highest BCUT2D eigenvalue weighted by Gasteiger charge is 2.32. The fourth-order valence-corrected chi connectivity index (χ4v) is 1.77. The number of nitrogens with zero attached hydrogens (tertiary/aromatic N) is 2. The number of ether oxygens (including phenoxy) is 1. The van der Waals surface area contributed by atoms with Crippen molar-refractivity contribution in [2.75, 3.05) is 18.7 Å². The number of benzene rings is 1. The largest absolute Gasteiger partial charge is 0.466 e. The first-order chi connectivity index (χ1) is 10.7. The fourth-order valence-electron chi connectivity index (χ4n) is 1.77. The van der Waals surface area contributed by atoms with Gasteiger partial charge in [0.05, 0.1) is 17.9 Å². The molecule has 0 spiro atoms. The van der Waals surface area contributed by atoms with Crippen molar-refractivity contribution >= 4 is 24.0 Å².